The van der Waals surface area contributed by atoms with Crippen molar-refractivity contribution in [1.82, 2.24) is 10.2 Å². The van der Waals surface area contributed by atoms with E-state index >= 15 is 0 Å². The molecule has 1 N–H and O–H groups in total. The van der Waals surface area contributed by atoms with Gasteiger partial charge < -0.3 is 15.0 Å². The summed E-state index contributed by atoms with van der Waals surface area (Å²) >= 11 is 9.47. The molecule has 236 valence electrons. The van der Waals surface area contributed by atoms with E-state index in [9.17, 15) is 18.0 Å². The van der Waals surface area contributed by atoms with Crippen LogP contribution in [0.1, 0.15) is 57.9 Å². The van der Waals surface area contributed by atoms with Gasteiger partial charge in [0.1, 0.15) is 18.3 Å². The topological polar surface area (TPSA) is 96.0 Å². The largest absolute Gasteiger partial charge is 0.494 e. The molecule has 3 aromatic carbocycles. The van der Waals surface area contributed by atoms with Crippen molar-refractivity contribution in [2.75, 3.05) is 17.5 Å². The van der Waals surface area contributed by atoms with Crippen molar-refractivity contribution in [3.63, 3.8) is 0 Å². The van der Waals surface area contributed by atoms with Gasteiger partial charge in [0, 0.05) is 22.1 Å². The molecule has 1 atom stereocenters. The summed E-state index contributed by atoms with van der Waals surface area (Å²) in [5, 5.41) is 3.71. The SMILES string of the molecule is CCOc1ccc(N(CC(=O)N(Cc2ccc(Cl)cc2)C(CC)C(=O)NC2CCCCC2)S(=O)(=O)c2ccc(Br)cc2)cc1. The number of nitrogens with one attached hydrogen (secondary N) is 1. The molecule has 1 aliphatic rings. The normalized spacial score (nSPS) is 14.5. The molecule has 2 amide bonds. The number of sulfonamides is 1. The number of ether oxygens (including phenoxy) is 1. The zero-order valence-corrected chi connectivity index (χ0v) is 28.2. The number of halogens is 2. The van der Waals surface area contributed by atoms with E-state index in [1.54, 1.807) is 60.7 Å². The molecule has 0 aromatic heterocycles. The maximum atomic E-state index is 14.3. The molecule has 0 spiro atoms. The number of hydrogen-bond acceptors (Lipinski definition) is 5. The van der Waals surface area contributed by atoms with E-state index in [1.165, 1.54) is 17.0 Å². The van der Waals surface area contributed by atoms with E-state index in [2.05, 4.69) is 21.2 Å². The Hall–Kier alpha value is -3.08. The third-order valence-corrected chi connectivity index (χ3v) is 10.3. The second-order valence-corrected chi connectivity index (χ2v) is 14.0. The van der Waals surface area contributed by atoms with Crippen molar-refractivity contribution in [3.8, 4) is 5.75 Å². The zero-order valence-electron chi connectivity index (χ0n) is 25.0. The highest BCUT2D eigenvalue weighted by Gasteiger charge is 2.34. The van der Waals surface area contributed by atoms with Gasteiger partial charge in [-0.1, -0.05) is 65.8 Å². The Morgan fingerprint density at radius 3 is 2.18 bits per heavy atom. The average molecular weight is 705 g/mol. The zero-order chi connectivity index (χ0) is 31.7. The molecule has 0 heterocycles. The van der Waals surface area contributed by atoms with Crippen LogP contribution in [0.3, 0.4) is 0 Å². The monoisotopic (exact) mass is 703 g/mol. The predicted octanol–water partition coefficient (Wildman–Crippen LogP) is 6.95. The fraction of sp³-hybridized carbons (Fsp3) is 0.394. The van der Waals surface area contributed by atoms with E-state index in [1.807, 2.05) is 13.8 Å². The average Bonchev–Trinajstić information content (AvgIpc) is 3.02. The lowest BCUT2D eigenvalue weighted by atomic mass is 9.95. The summed E-state index contributed by atoms with van der Waals surface area (Å²) in [5.74, 6) is -0.149. The molecule has 44 heavy (non-hydrogen) atoms. The Balaban J connectivity index is 1.70. The summed E-state index contributed by atoms with van der Waals surface area (Å²) in [7, 11) is -4.17. The summed E-state index contributed by atoms with van der Waals surface area (Å²) in [4.78, 5) is 29.5. The van der Waals surface area contributed by atoms with Gasteiger partial charge in [-0.3, -0.25) is 13.9 Å². The molecule has 0 radical (unpaired) electrons. The van der Waals surface area contributed by atoms with Crippen LogP contribution in [0.25, 0.3) is 0 Å². The second-order valence-electron chi connectivity index (χ2n) is 10.8. The van der Waals surface area contributed by atoms with Gasteiger partial charge in [-0.2, -0.15) is 0 Å². The van der Waals surface area contributed by atoms with Crippen molar-refractivity contribution in [2.45, 2.75) is 75.9 Å². The van der Waals surface area contributed by atoms with Crippen LogP contribution in [-0.4, -0.2) is 50.4 Å². The smallest absolute Gasteiger partial charge is 0.264 e. The Bertz CT molecular complexity index is 1500. The number of nitrogens with zero attached hydrogens (tertiary/aromatic N) is 2. The summed E-state index contributed by atoms with van der Waals surface area (Å²) in [6.45, 7) is 3.78. The summed E-state index contributed by atoms with van der Waals surface area (Å²) in [6.07, 6.45) is 5.44. The van der Waals surface area contributed by atoms with Crippen LogP contribution >= 0.6 is 27.5 Å². The lowest BCUT2D eigenvalue weighted by Gasteiger charge is -2.34. The van der Waals surface area contributed by atoms with Crippen LogP contribution in [0, 0.1) is 0 Å². The molecular formula is C33H39BrClN3O5S. The Morgan fingerprint density at radius 1 is 0.955 bits per heavy atom. The van der Waals surface area contributed by atoms with Crippen molar-refractivity contribution in [2.24, 2.45) is 0 Å². The quantitative estimate of drug-likeness (QED) is 0.208. The van der Waals surface area contributed by atoms with Crippen LogP contribution in [0.5, 0.6) is 5.75 Å². The van der Waals surface area contributed by atoms with Crippen molar-refractivity contribution in [1.29, 1.82) is 0 Å². The molecule has 4 rings (SSSR count). The third kappa shape index (κ3) is 8.76. The minimum atomic E-state index is -4.17. The van der Waals surface area contributed by atoms with Gasteiger partial charge in [-0.25, -0.2) is 8.42 Å². The first kappa shape index (κ1) is 33.8. The molecule has 1 saturated carbocycles. The van der Waals surface area contributed by atoms with Gasteiger partial charge >= 0.3 is 0 Å². The van der Waals surface area contributed by atoms with Gasteiger partial charge in [0.25, 0.3) is 10.0 Å². The van der Waals surface area contributed by atoms with E-state index < -0.39 is 28.5 Å². The Labute approximate surface area is 273 Å². The van der Waals surface area contributed by atoms with Gasteiger partial charge in [0.05, 0.1) is 17.2 Å². The molecule has 0 bridgehead atoms. The van der Waals surface area contributed by atoms with Gasteiger partial charge in [-0.05, 0) is 92.4 Å². The second kappa shape index (κ2) is 15.8. The summed E-state index contributed by atoms with van der Waals surface area (Å²) in [6, 6.07) is 19.2. The lowest BCUT2D eigenvalue weighted by Crippen LogP contribution is -2.54. The standard InChI is InChI=1S/C33H39BrClN3O5S/c1-3-31(33(40)36-27-8-6-5-7-9-27)37(22-24-10-14-26(35)15-11-24)32(39)23-38(28-16-18-29(19-17-28)43-4-2)44(41,42)30-20-12-25(34)13-21-30/h10-21,27,31H,3-9,22-23H2,1-2H3,(H,36,40). The highest BCUT2D eigenvalue weighted by atomic mass is 79.9. The van der Waals surface area contributed by atoms with Crippen LogP contribution in [0.4, 0.5) is 5.69 Å². The first-order valence-electron chi connectivity index (χ1n) is 15.0. The third-order valence-electron chi connectivity index (χ3n) is 7.72. The fourth-order valence-electron chi connectivity index (χ4n) is 5.39. The summed E-state index contributed by atoms with van der Waals surface area (Å²) < 4.78 is 35.5. The fourth-order valence-corrected chi connectivity index (χ4v) is 7.19. The van der Waals surface area contributed by atoms with Crippen LogP contribution < -0.4 is 14.4 Å². The molecule has 1 fully saturated rings. The lowest BCUT2D eigenvalue weighted by molar-refractivity contribution is -0.140. The minimum absolute atomic E-state index is 0.0359. The predicted molar refractivity (Wildman–Crippen MR) is 177 cm³/mol. The highest BCUT2D eigenvalue weighted by molar-refractivity contribution is 9.10. The van der Waals surface area contributed by atoms with Crippen molar-refractivity contribution in [3.05, 3.63) is 87.9 Å². The first-order valence-corrected chi connectivity index (χ1v) is 17.6. The molecule has 0 aliphatic heterocycles. The number of hydrogen-bond donors (Lipinski definition) is 1. The van der Waals surface area contributed by atoms with E-state index in [0.29, 0.717) is 29.5 Å². The maximum absolute atomic E-state index is 14.3. The molecule has 8 nitrogen and oxygen atoms in total. The summed E-state index contributed by atoms with van der Waals surface area (Å²) in [5.41, 5.74) is 1.07. The number of benzene rings is 3. The van der Waals surface area contributed by atoms with E-state index in [4.69, 9.17) is 16.3 Å². The van der Waals surface area contributed by atoms with Crippen LogP contribution in [-0.2, 0) is 26.2 Å². The van der Waals surface area contributed by atoms with Crippen molar-refractivity contribution < 1.29 is 22.7 Å². The number of amides is 2. The Kier molecular flexibility index (Phi) is 12.1. The van der Waals surface area contributed by atoms with Crippen molar-refractivity contribution >= 4 is 55.1 Å². The molecule has 3 aromatic rings. The first-order chi connectivity index (χ1) is 21.1. The number of carbonyl (C=O) groups is 2. The molecule has 11 heteroatoms. The highest BCUT2D eigenvalue weighted by Crippen LogP contribution is 2.28. The van der Waals surface area contributed by atoms with E-state index in [-0.39, 0.29) is 23.4 Å². The number of anilines is 1. The molecule has 1 unspecified atom stereocenters. The van der Waals surface area contributed by atoms with Gasteiger partial charge in [0.15, 0.2) is 0 Å². The van der Waals surface area contributed by atoms with E-state index in [0.717, 1.165) is 46.4 Å². The van der Waals surface area contributed by atoms with Crippen LogP contribution in [0.15, 0.2) is 82.2 Å². The maximum Gasteiger partial charge on any atom is 0.264 e. The molecular weight excluding hydrogens is 666 g/mol. The van der Waals surface area contributed by atoms with Gasteiger partial charge in [0.2, 0.25) is 11.8 Å². The number of rotatable bonds is 13. The minimum Gasteiger partial charge on any atom is -0.494 e. The number of carbonyl (C=O) groups excluding carboxylic acids is 2. The van der Waals surface area contributed by atoms with Crippen LogP contribution in [0.2, 0.25) is 5.02 Å². The molecule has 1 aliphatic carbocycles. The molecule has 0 saturated heterocycles. The Morgan fingerprint density at radius 2 is 1.59 bits per heavy atom. The van der Waals surface area contributed by atoms with Gasteiger partial charge in [-0.15, -0.1) is 0 Å².